The van der Waals surface area contributed by atoms with Crippen LogP contribution in [0.15, 0.2) is 30.6 Å². The summed E-state index contributed by atoms with van der Waals surface area (Å²) in [5, 5.41) is 7.17. The Bertz CT molecular complexity index is 715. The van der Waals surface area contributed by atoms with E-state index in [0.29, 0.717) is 16.1 Å². The van der Waals surface area contributed by atoms with Crippen molar-refractivity contribution in [2.75, 3.05) is 7.11 Å². The number of carbonyl (C=O) groups is 2. The number of hydrogen-bond acceptors (Lipinski definition) is 4. The van der Waals surface area contributed by atoms with Crippen LogP contribution < -0.4 is 5.32 Å². The second kappa shape index (κ2) is 6.81. The van der Waals surface area contributed by atoms with Gasteiger partial charge in [0.15, 0.2) is 6.04 Å². The van der Waals surface area contributed by atoms with Gasteiger partial charge in [0.1, 0.15) is 0 Å². The second-order valence-corrected chi connectivity index (χ2v) is 5.34. The summed E-state index contributed by atoms with van der Waals surface area (Å²) >= 11 is 11.9. The molecule has 0 spiro atoms. The second-order valence-electron chi connectivity index (χ2n) is 4.50. The number of rotatable bonds is 4. The molecule has 6 nitrogen and oxygen atoms in total. The first-order valence-electron chi connectivity index (χ1n) is 6.24. The summed E-state index contributed by atoms with van der Waals surface area (Å²) in [5.41, 5.74) is 0.719. The molecular weight excluding hydrogens is 329 g/mol. The van der Waals surface area contributed by atoms with Crippen molar-refractivity contribution < 1.29 is 14.3 Å². The zero-order valence-corrected chi connectivity index (χ0v) is 13.4. The van der Waals surface area contributed by atoms with Crippen LogP contribution >= 0.6 is 23.2 Å². The number of aryl methyl sites for hydroxylation is 1. The zero-order valence-electron chi connectivity index (χ0n) is 11.8. The summed E-state index contributed by atoms with van der Waals surface area (Å²) in [4.78, 5) is 24.2. The first kappa shape index (κ1) is 16.3. The highest BCUT2D eigenvalue weighted by Gasteiger charge is 2.26. The summed E-state index contributed by atoms with van der Waals surface area (Å²) in [6.45, 7) is 0. The summed E-state index contributed by atoms with van der Waals surface area (Å²) in [6.07, 6.45) is 2.93. The molecule has 8 heteroatoms. The van der Waals surface area contributed by atoms with Crippen LogP contribution in [0.1, 0.15) is 22.0 Å². The average Bonchev–Trinajstić information content (AvgIpc) is 2.91. The van der Waals surface area contributed by atoms with E-state index in [-0.39, 0.29) is 5.02 Å². The largest absolute Gasteiger partial charge is 0.467 e. The fraction of sp³-hybridized carbons (Fsp3) is 0.214. The summed E-state index contributed by atoms with van der Waals surface area (Å²) in [6, 6.07) is 3.59. The first-order chi connectivity index (χ1) is 10.4. The summed E-state index contributed by atoms with van der Waals surface area (Å²) in [7, 11) is 2.92. The molecule has 0 radical (unpaired) electrons. The zero-order chi connectivity index (χ0) is 16.3. The van der Waals surface area contributed by atoms with Crippen LogP contribution in [0.3, 0.4) is 0 Å². The number of amides is 1. The van der Waals surface area contributed by atoms with E-state index in [2.05, 4.69) is 10.4 Å². The van der Waals surface area contributed by atoms with Crippen molar-refractivity contribution in [2.24, 2.45) is 7.05 Å². The third-order valence-electron chi connectivity index (χ3n) is 2.95. The molecule has 0 bridgehead atoms. The van der Waals surface area contributed by atoms with Crippen LogP contribution in [0.2, 0.25) is 10.0 Å². The van der Waals surface area contributed by atoms with Crippen molar-refractivity contribution in [3.05, 3.63) is 51.8 Å². The molecule has 0 aliphatic heterocycles. The molecule has 1 atom stereocenters. The highest BCUT2D eigenvalue weighted by molar-refractivity contribution is 6.35. The van der Waals surface area contributed by atoms with Crippen LogP contribution in [-0.2, 0) is 16.6 Å². The van der Waals surface area contributed by atoms with E-state index >= 15 is 0 Å². The number of nitrogens with one attached hydrogen (secondary N) is 1. The number of benzene rings is 1. The van der Waals surface area contributed by atoms with Crippen LogP contribution in [0, 0.1) is 0 Å². The highest BCUT2D eigenvalue weighted by atomic mass is 35.5. The predicted molar refractivity (Wildman–Crippen MR) is 81.9 cm³/mol. The minimum Gasteiger partial charge on any atom is -0.467 e. The van der Waals surface area contributed by atoms with Gasteiger partial charge in [-0.2, -0.15) is 5.10 Å². The lowest BCUT2D eigenvalue weighted by Crippen LogP contribution is -2.34. The quantitative estimate of drug-likeness (QED) is 0.866. The third kappa shape index (κ3) is 3.58. The monoisotopic (exact) mass is 341 g/mol. The van der Waals surface area contributed by atoms with Crippen molar-refractivity contribution in [2.45, 2.75) is 6.04 Å². The first-order valence-corrected chi connectivity index (χ1v) is 7.00. The standard InChI is InChI=1S/C14H13Cl2N3O3/c1-19-7-8(6-17-19)13(20)18-12(14(21)22-2)10-4-3-9(15)5-11(10)16/h3-7,12H,1-2H3,(H,18,20)/t12-/m1/s1. The maximum absolute atomic E-state index is 12.2. The number of carbonyl (C=O) groups excluding carboxylic acids is 2. The van der Waals surface area contributed by atoms with E-state index in [0.717, 1.165) is 0 Å². The van der Waals surface area contributed by atoms with Gasteiger partial charge in [0.25, 0.3) is 5.91 Å². The number of methoxy groups -OCH3 is 1. The lowest BCUT2D eigenvalue weighted by Gasteiger charge is -2.17. The van der Waals surface area contributed by atoms with Crippen LogP contribution in [-0.4, -0.2) is 28.8 Å². The number of aromatic nitrogens is 2. The van der Waals surface area contributed by atoms with Gasteiger partial charge in [-0.3, -0.25) is 9.48 Å². The van der Waals surface area contributed by atoms with Gasteiger partial charge >= 0.3 is 5.97 Å². The van der Waals surface area contributed by atoms with Gasteiger partial charge < -0.3 is 10.1 Å². The molecule has 0 fully saturated rings. The maximum Gasteiger partial charge on any atom is 0.333 e. The minimum absolute atomic E-state index is 0.259. The van der Waals surface area contributed by atoms with Crippen LogP contribution in [0.25, 0.3) is 0 Å². The van der Waals surface area contributed by atoms with Crippen molar-refractivity contribution in [3.63, 3.8) is 0 Å². The van der Waals surface area contributed by atoms with Gasteiger partial charge in [0.05, 0.1) is 18.9 Å². The Kier molecular flexibility index (Phi) is 5.05. The highest BCUT2D eigenvalue weighted by Crippen LogP contribution is 2.27. The molecule has 0 saturated heterocycles. The molecule has 0 unspecified atom stereocenters. The lowest BCUT2D eigenvalue weighted by atomic mass is 10.1. The SMILES string of the molecule is COC(=O)[C@H](NC(=O)c1cnn(C)c1)c1ccc(Cl)cc1Cl. The predicted octanol–water partition coefficient (Wildman–Crippen LogP) is 2.37. The van der Waals surface area contributed by atoms with Gasteiger partial charge in [0.2, 0.25) is 0 Å². The Labute approximate surface area is 137 Å². The van der Waals surface area contributed by atoms with E-state index < -0.39 is 17.9 Å². The van der Waals surface area contributed by atoms with Gasteiger partial charge in [-0.15, -0.1) is 0 Å². The normalized spacial score (nSPS) is 11.8. The molecule has 1 aromatic carbocycles. The van der Waals surface area contributed by atoms with E-state index in [1.165, 1.54) is 30.3 Å². The smallest absolute Gasteiger partial charge is 0.333 e. The fourth-order valence-electron chi connectivity index (χ4n) is 1.87. The summed E-state index contributed by atoms with van der Waals surface area (Å²) < 4.78 is 6.21. The van der Waals surface area contributed by atoms with Crippen molar-refractivity contribution in [1.82, 2.24) is 15.1 Å². The third-order valence-corrected chi connectivity index (χ3v) is 3.52. The molecule has 0 saturated carbocycles. The number of ether oxygens (including phenoxy) is 1. The molecule has 116 valence electrons. The molecule has 0 aliphatic carbocycles. The summed E-state index contributed by atoms with van der Waals surface area (Å²) in [5.74, 6) is -1.10. The van der Waals surface area contributed by atoms with Crippen molar-refractivity contribution >= 4 is 35.1 Å². The Morgan fingerprint density at radius 3 is 2.64 bits per heavy atom. The van der Waals surface area contributed by atoms with E-state index in [1.807, 2.05) is 0 Å². The van der Waals surface area contributed by atoms with Crippen molar-refractivity contribution in [3.8, 4) is 0 Å². The Hall–Kier alpha value is -2.05. The molecule has 1 amide bonds. The molecule has 0 aliphatic rings. The van der Waals surface area contributed by atoms with Crippen LogP contribution in [0.5, 0.6) is 0 Å². The van der Waals surface area contributed by atoms with Gasteiger partial charge in [0, 0.05) is 28.9 Å². The molecule has 1 N–H and O–H groups in total. The van der Waals surface area contributed by atoms with Crippen molar-refractivity contribution in [1.29, 1.82) is 0 Å². The Morgan fingerprint density at radius 1 is 1.36 bits per heavy atom. The molecule has 1 aromatic heterocycles. The molecule has 2 rings (SSSR count). The van der Waals surface area contributed by atoms with Gasteiger partial charge in [-0.1, -0.05) is 29.3 Å². The van der Waals surface area contributed by atoms with Crippen LogP contribution in [0.4, 0.5) is 0 Å². The topological polar surface area (TPSA) is 73.2 Å². The number of hydrogen-bond donors (Lipinski definition) is 1. The number of halogens is 2. The average molecular weight is 342 g/mol. The molecule has 22 heavy (non-hydrogen) atoms. The fourth-order valence-corrected chi connectivity index (χ4v) is 2.39. The number of nitrogens with zero attached hydrogens (tertiary/aromatic N) is 2. The maximum atomic E-state index is 12.2. The number of esters is 1. The van der Waals surface area contributed by atoms with Gasteiger partial charge in [-0.25, -0.2) is 4.79 Å². The molecule has 2 aromatic rings. The van der Waals surface area contributed by atoms with E-state index in [4.69, 9.17) is 27.9 Å². The lowest BCUT2D eigenvalue weighted by molar-refractivity contribution is -0.143. The molecule has 1 heterocycles. The molecular formula is C14H13Cl2N3O3. The minimum atomic E-state index is -1.04. The van der Waals surface area contributed by atoms with E-state index in [1.54, 1.807) is 19.2 Å². The Morgan fingerprint density at radius 2 is 2.09 bits per heavy atom. The Balaban J connectivity index is 2.30. The van der Waals surface area contributed by atoms with Gasteiger partial charge in [-0.05, 0) is 12.1 Å². The van der Waals surface area contributed by atoms with E-state index in [9.17, 15) is 9.59 Å².